The van der Waals surface area contributed by atoms with Gasteiger partial charge in [-0.15, -0.1) is 0 Å². The van der Waals surface area contributed by atoms with Gasteiger partial charge in [-0.2, -0.15) is 0 Å². The molecule has 6 heteroatoms. The third-order valence-corrected chi connectivity index (χ3v) is 6.32. The lowest BCUT2D eigenvalue weighted by molar-refractivity contribution is -0.122. The lowest BCUT2D eigenvalue weighted by Crippen LogP contribution is -2.33. The number of fused-ring (bicyclic) bond motifs is 3. The SMILES string of the molecule is COc1ccc([C@@H]2c3cc4c(cc3[C@H](O)[C@H]3CCC(=O)[C@@H]23)OCO4)cc1OC. The van der Waals surface area contributed by atoms with Crippen LogP contribution in [0.4, 0.5) is 0 Å². The molecule has 1 fully saturated rings. The molecule has 0 spiro atoms. The summed E-state index contributed by atoms with van der Waals surface area (Å²) in [5, 5.41) is 11.0. The highest BCUT2D eigenvalue weighted by Crippen LogP contribution is 2.56. The number of rotatable bonds is 3. The van der Waals surface area contributed by atoms with E-state index in [4.69, 9.17) is 18.9 Å². The number of aliphatic hydroxyl groups excluding tert-OH is 1. The third-order valence-electron chi connectivity index (χ3n) is 6.32. The molecule has 5 rings (SSSR count). The fraction of sp³-hybridized carbons (Fsp3) is 0.409. The summed E-state index contributed by atoms with van der Waals surface area (Å²) in [7, 11) is 3.20. The van der Waals surface area contributed by atoms with Crippen LogP contribution in [0, 0.1) is 11.8 Å². The first-order valence-corrected chi connectivity index (χ1v) is 9.48. The first-order chi connectivity index (χ1) is 13.6. The van der Waals surface area contributed by atoms with E-state index in [1.165, 1.54) is 0 Å². The molecule has 0 saturated heterocycles. The number of ether oxygens (including phenoxy) is 4. The molecule has 0 unspecified atom stereocenters. The second kappa shape index (κ2) is 6.41. The van der Waals surface area contributed by atoms with Gasteiger partial charge in [0.05, 0.1) is 20.3 Å². The van der Waals surface area contributed by atoms with Gasteiger partial charge < -0.3 is 24.1 Å². The smallest absolute Gasteiger partial charge is 0.231 e. The number of carbonyl (C=O) groups excluding carboxylic acids is 1. The fourth-order valence-electron chi connectivity index (χ4n) is 5.04. The summed E-state index contributed by atoms with van der Waals surface area (Å²) in [4.78, 5) is 12.8. The molecule has 2 aromatic carbocycles. The van der Waals surface area contributed by atoms with Crippen LogP contribution in [0.5, 0.6) is 23.0 Å². The molecule has 6 nitrogen and oxygen atoms in total. The van der Waals surface area contributed by atoms with Crippen molar-refractivity contribution in [2.45, 2.75) is 24.9 Å². The molecule has 3 aliphatic rings. The van der Waals surface area contributed by atoms with E-state index in [0.29, 0.717) is 35.8 Å². The molecule has 28 heavy (non-hydrogen) atoms. The molecule has 0 aromatic heterocycles. The van der Waals surface area contributed by atoms with Crippen molar-refractivity contribution in [1.29, 1.82) is 0 Å². The van der Waals surface area contributed by atoms with Crippen LogP contribution in [0.15, 0.2) is 30.3 Å². The van der Waals surface area contributed by atoms with E-state index in [1.807, 2.05) is 30.3 Å². The van der Waals surface area contributed by atoms with E-state index in [1.54, 1.807) is 14.2 Å². The minimum Gasteiger partial charge on any atom is -0.493 e. The minimum absolute atomic E-state index is 0.0986. The topological polar surface area (TPSA) is 74.2 Å². The average molecular weight is 382 g/mol. The molecule has 1 heterocycles. The Balaban J connectivity index is 1.71. The van der Waals surface area contributed by atoms with Crippen molar-refractivity contribution in [2.24, 2.45) is 11.8 Å². The second-order valence-electron chi connectivity index (χ2n) is 7.57. The van der Waals surface area contributed by atoms with Gasteiger partial charge in [0.15, 0.2) is 23.0 Å². The van der Waals surface area contributed by atoms with Crippen LogP contribution in [0.1, 0.15) is 41.6 Å². The number of ketones is 1. The van der Waals surface area contributed by atoms with Crippen LogP contribution in [0.3, 0.4) is 0 Å². The van der Waals surface area contributed by atoms with Gasteiger partial charge >= 0.3 is 0 Å². The highest BCUT2D eigenvalue weighted by molar-refractivity contribution is 5.86. The highest BCUT2D eigenvalue weighted by Gasteiger charge is 2.50. The first kappa shape index (κ1) is 17.4. The van der Waals surface area contributed by atoms with Gasteiger partial charge in [-0.25, -0.2) is 0 Å². The molecule has 4 atom stereocenters. The Morgan fingerprint density at radius 2 is 1.71 bits per heavy atom. The summed E-state index contributed by atoms with van der Waals surface area (Å²) in [6.45, 7) is 0.168. The van der Waals surface area contributed by atoms with Crippen molar-refractivity contribution < 1.29 is 28.8 Å². The molecule has 1 aliphatic heterocycles. The molecule has 146 valence electrons. The van der Waals surface area contributed by atoms with Crippen molar-refractivity contribution in [3.8, 4) is 23.0 Å². The van der Waals surface area contributed by atoms with Crippen LogP contribution in [0.25, 0.3) is 0 Å². The molecule has 1 saturated carbocycles. The minimum atomic E-state index is -0.683. The summed E-state index contributed by atoms with van der Waals surface area (Å²) in [6.07, 6.45) is 0.511. The Kier molecular flexibility index (Phi) is 3.98. The van der Waals surface area contributed by atoms with Crippen LogP contribution >= 0.6 is 0 Å². The lowest BCUT2D eigenvalue weighted by atomic mass is 9.66. The summed E-state index contributed by atoms with van der Waals surface area (Å²) < 4.78 is 21.9. The largest absolute Gasteiger partial charge is 0.493 e. The molecular weight excluding hydrogens is 360 g/mol. The highest BCUT2D eigenvalue weighted by atomic mass is 16.7. The maximum Gasteiger partial charge on any atom is 0.231 e. The van der Waals surface area contributed by atoms with Crippen molar-refractivity contribution in [1.82, 2.24) is 0 Å². The number of carbonyl (C=O) groups is 1. The van der Waals surface area contributed by atoms with Gasteiger partial charge in [0.2, 0.25) is 6.79 Å². The number of benzene rings is 2. The Hall–Kier alpha value is -2.73. The molecule has 0 bridgehead atoms. The number of hydrogen-bond acceptors (Lipinski definition) is 6. The lowest BCUT2D eigenvalue weighted by Gasteiger charge is -2.38. The van der Waals surface area contributed by atoms with Gasteiger partial charge in [0.1, 0.15) is 5.78 Å². The maximum atomic E-state index is 12.8. The number of aliphatic hydroxyl groups is 1. The summed E-state index contributed by atoms with van der Waals surface area (Å²) >= 11 is 0. The molecule has 0 amide bonds. The number of hydrogen-bond donors (Lipinski definition) is 1. The van der Waals surface area contributed by atoms with Crippen LogP contribution in [-0.2, 0) is 4.79 Å². The zero-order chi connectivity index (χ0) is 19.4. The third kappa shape index (κ3) is 2.41. The Morgan fingerprint density at radius 1 is 1.00 bits per heavy atom. The van der Waals surface area contributed by atoms with Crippen LogP contribution in [0.2, 0.25) is 0 Å². The summed E-state index contributed by atoms with van der Waals surface area (Å²) in [5.41, 5.74) is 2.70. The van der Waals surface area contributed by atoms with E-state index in [2.05, 4.69) is 0 Å². The Labute approximate surface area is 163 Å². The van der Waals surface area contributed by atoms with Gasteiger partial charge in [-0.05, 0) is 47.4 Å². The predicted molar refractivity (Wildman–Crippen MR) is 100 cm³/mol. The van der Waals surface area contributed by atoms with Gasteiger partial charge in [-0.3, -0.25) is 4.79 Å². The maximum absolute atomic E-state index is 12.8. The number of methoxy groups -OCH3 is 2. The second-order valence-corrected chi connectivity index (χ2v) is 7.57. The summed E-state index contributed by atoms with van der Waals surface area (Å²) in [6, 6.07) is 9.55. The van der Waals surface area contributed by atoms with E-state index >= 15 is 0 Å². The molecule has 0 radical (unpaired) electrons. The van der Waals surface area contributed by atoms with Gasteiger partial charge in [0.25, 0.3) is 0 Å². The molecule has 2 aromatic rings. The molecule has 1 N–H and O–H groups in total. The van der Waals surface area contributed by atoms with E-state index in [9.17, 15) is 9.90 Å². The van der Waals surface area contributed by atoms with Gasteiger partial charge in [-0.1, -0.05) is 6.07 Å². The number of Topliss-reactive ketones (excluding diaryl/α,β-unsaturated/α-hetero) is 1. The fourth-order valence-corrected chi connectivity index (χ4v) is 5.04. The van der Waals surface area contributed by atoms with Crippen molar-refractivity contribution in [2.75, 3.05) is 21.0 Å². The quantitative estimate of drug-likeness (QED) is 0.879. The van der Waals surface area contributed by atoms with E-state index < -0.39 is 6.10 Å². The van der Waals surface area contributed by atoms with E-state index in [-0.39, 0.29) is 30.3 Å². The average Bonchev–Trinajstić information content (AvgIpc) is 3.33. The predicted octanol–water partition coefficient (Wildman–Crippen LogP) is 3.21. The normalized spacial score (nSPS) is 27.3. The van der Waals surface area contributed by atoms with Crippen LogP contribution in [-0.4, -0.2) is 31.9 Å². The van der Waals surface area contributed by atoms with Crippen molar-refractivity contribution in [3.63, 3.8) is 0 Å². The first-order valence-electron chi connectivity index (χ1n) is 9.48. The zero-order valence-corrected chi connectivity index (χ0v) is 15.8. The van der Waals surface area contributed by atoms with Crippen molar-refractivity contribution in [3.05, 3.63) is 47.0 Å². The summed E-state index contributed by atoms with van der Waals surface area (Å²) in [5.74, 6) is 2.23. The zero-order valence-electron chi connectivity index (χ0n) is 15.8. The Bertz CT molecular complexity index is 952. The molecule has 2 aliphatic carbocycles. The standard InChI is InChI=1S/C22H22O6/c1-25-16-6-3-11(7-17(16)26-2)20-13-8-18-19(28-10-27-18)9-14(13)22(24)12-4-5-15(23)21(12)20/h3,6-9,12,20-22,24H,4-5,10H2,1-2H3/t12-,20+,21-,22+/m0/s1. The van der Waals surface area contributed by atoms with Crippen LogP contribution < -0.4 is 18.9 Å². The monoisotopic (exact) mass is 382 g/mol. The van der Waals surface area contributed by atoms with Crippen molar-refractivity contribution >= 4 is 5.78 Å². The van der Waals surface area contributed by atoms with Gasteiger partial charge in [0, 0.05) is 24.2 Å². The Morgan fingerprint density at radius 3 is 2.43 bits per heavy atom. The molecular formula is C22H22O6. The van der Waals surface area contributed by atoms with E-state index in [0.717, 1.165) is 16.7 Å².